The van der Waals surface area contributed by atoms with Crippen LogP contribution in [0.5, 0.6) is 0 Å². The number of nitrogens with one attached hydrogen (secondary N) is 1. The van der Waals surface area contributed by atoms with Crippen LogP contribution in [0, 0.1) is 6.92 Å². The maximum atomic E-state index is 12.2. The molecule has 7 heteroatoms. The average molecular weight is 328 g/mol. The lowest BCUT2D eigenvalue weighted by molar-refractivity contribution is 0.101. The molecule has 0 atom stereocenters. The number of anilines is 1. The monoisotopic (exact) mass is 328 g/mol. The van der Waals surface area contributed by atoms with Gasteiger partial charge in [-0.1, -0.05) is 60.2 Å². The molecule has 0 aliphatic rings. The Balaban J connectivity index is 1.74. The Morgan fingerprint density at radius 1 is 1.22 bits per heavy atom. The van der Waals surface area contributed by atoms with Gasteiger partial charge in [-0.15, -0.1) is 10.2 Å². The minimum atomic E-state index is -0.362. The molecule has 0 aliphatic carbocycles. The summed E-state index contributed by atoms with van der Waals surface area (Å²) in [5.74, 6) is 0.465. The summed E-state index contributed by atoms with van der Waals surface area (Å²) in [5, 5.41) is 15.8. The average Bonchev–Trinajstić information content (AvgIpc) is 3.17. The van der Waals surface area contributed by atoms with Gasteiger partial charge in [0.25, 0.3) is 5.91 Å². The summed E-state index contributed by atoms with van der Waals surface area (Å²) in [7, 11) is 0. The highest BCUT2D eigenvalue weighted by Crippen LogP contribution is 2.24. The number of carbonyl (C=O) groups is 1. The Kier molecular flexibility index (Phi) is 4.20. The van der Waals surface area contributed by atoms with Crippen LogP contribution < -0.4 is 5.32 Å². The normalized spacial score (nSPS) is 11.0. The summed E-state index contributed by atoms with van der Waals surface area (Å²) < 4.78 is 5.25. The van der Waals surface area contributed by atoms with Gasteiger partial charge in [-0.3, -0.25) is 10.1 Å². The number of hydrogen-bond acceptors (Lipinski definition) is 6. The molecule has 0 saturated carbocycles. The molecule has 1 N–H and O–H groups in total. The van der Waals surface area contributed by atoms with Gasteiger partial charge in [-0.05, 0) is 6.92 Å². The minimum Gasteiger partial charge on any atom is -0.355 e. The van der Waals surface area contributed by atoms with E-state index in [0.717, 1.165) is 16.1 Å². The largest absolute Gasteiger partial charge is 0.355 e. The summed E-state index contributed by atoms with van der Waals surface area (Å²) in [5.41, 5.74) is 2.24. The van der Waals surface area contributed by atoms with E-state index >= 15 is 0 Å². The van der Waals surface area contributed by atoms with Crippen molar-refractivity contribution in [1.29, 1.82) is 0 Å². The van der Waals surface area contributed by atoms with E-state index in [9.17, 15) is 4.79 Å². The second kappa shape index (κ2) is 6.29. The van der Waals surface area contributed by atoms with Gasteiger partial charge in [-0.2, -0.15) is 0 Å². The Labute approximate surface area is 137 Å². The molecule has 0 unspecified atom stereocenters. The highest BCUT2D eigenvalue weighted by Gasteiger charge is 2.16. The van der Waals surface area contributed by atoms with E-state index in [1.165, 1.54) is 11.3 Å². The van der Waals surface area contributed by atoms with Crippen LogP contribution in [0.2, 0.25) is 0 Å². The van der Waals surface area contributed by atoms with E-state index in [-0.39, 0.29) is 17.5 Å². The second-order valence-electron chi connectivity index (χ2n) is 5.50. The fourth-order valence-electron chi connectivity index (χ4n) is 1.92. The molecule has 0 saturated heterocycles. The fourth-order valence-corrected chi connectivity index (χ4v) is 2.66. The van der Waals surface area contributed by atoms with Crippen molar-refractivity contribution in [3.63, 3.8) is 0 Å². The number of amides is 1. The van der Waals surface area contributed by atoms with Crippen LogP contribution in [0.1, 0.15) is 40.8 Å². The Bertz CT molecular complexity index is 821. The van der Waals surface area contributed by atoms with Crippen LogP contribution in [-0.2, 0) is 0 Å². The summed E-state index contributed by atoms with van der Waals surface area (Å²) in [6.07, 6.45) is 0. The molecule has 0 bridgehead atoms. The van der Waals surface area contributed by atoms with Crippen molar-refractivity contribution >= 4 is 22.4 Å². The van der Waals surface area contributed by atoms with E-state index in [4.69, 9.17) is 4.52 Å². The van der Waals surface area contributed by atoms with E-state index in [1.54, 1.807) is 6.07 Å². The van der Waals surface area contributed by atoms with Gasteiger partial charge in [0.15, 0.2) is 11.5 Å². The SMILES string of the molecule is Cc1ccc(-c2cc(C(=O)Nc3nnc(C(C)C)s3)no2)cc1. The van der Waals surface area contributed by atoms with Crippen molar-refractivity contribution in [2.45, 2.75) is 26.7 Å². The van der Waals surface area contributed by atoms with E-state index in [1.807, 2.05) is 45.0 Å². The second-order valence-corrected chi connectivity index (χ2v) is 6.51. The number of rotatable bonds is 4. The third-order valence-electron chi connectivity index (χ3n) is 3.23. The molecule has 0 fully saturated rings. The highest BCUT2D eigenvalue weighted by atomic mass is 32.1. The molecule has 6 nitrogen and oxygen atoms in total. The number of hydrogen-bond donors (Lipinski definition) is 1. The molecule has 2 aromatic heterocycles. The number of benzene rings is 1. The lowest BCUT2D eigenvalue weighted by Crippen LogP contribution is -2.11. The minimum absolute atomic E-state index is 0.210. The van der Waals surface area contributed by atoms with Gasteiger partial charge in [0.2, 0.25) is 5.13 Å². The first kappa shape index (κ1) is 15.4. The van der Waals surface area contributed by atoms with Gasteiger partial charge in [-0.25, -0.2) is 0 Å². The summed E-state index contributed by atoms with van der Waals surface area (Å²) in [6, 6.07) is 9.43. The standard InChI is InChI=1S/C16H16N4O2S/c1-9(2)15-18-19-16(23-15)17-14(21)12-8-13(22-20-12)11-6-4-10(3)5-7-11/h4-9H,1-3H3,(H,17,19,21). The quantitative estimate of drug-likeness (QED) is 0.786. The number of aryl methyl sites for hydroxylation is 1. The molecule has 23 heavy (non-hydrogen) atoms. The zero-order chi connectivity index (χ0) is 16.4. The van der Waals surface area contributed by atoms with Crippen molar-refractivity contribution in [3.8, 4) is 11.3 Å². The number of aromatic nitrogens is 3. The van der Waals surface area contributed by atoms with E-state index in [0.29, 0.717) is 10.9 Å². The van der Waals surface area contributed by atoms with Crippen LogP contribution in [0.15, 0.2) is 34.9 Å². The van der Waals surface area contributed by atoms with Gasteiger partial charge in [0.1, 0.15) is 5.01 Å². The molecular formula is C16H16N4O2S. The van der Waals surface area contributed by atoms with Crippen molar-refractivity contribution < 1.29 is 9.32 Å². The molecule has 1 amide bonds. The fraction of sp³-hybridized carbons (Fsp3) is 0.250. The van der Waals surface area contributed by atoms with Crippen LogP contribution in [-0.4, -0.2) is 21.3 Å². The number of nitrogens with zero attached hydrogens (tertiary/aromatic N) is 3. The van der Waals surface area contributed by atoms with E-state index in [2.05, 4.69) is 20.7 Å². The Morgan fingerprint density at radius 3 is 2.61 bits per heavy atom. The van der Waals surface area contributed by atoms with Gasteiger partial charge in [0, 0.05) is 17.5 Å². The Morgan fingerprint density at radius 2 is 1.96 bits per heavy atom. The third kappa shape index (κ3) is 3.45. The first-order valence-electron chi connectivity index (χ1n) is 7.21. The molecule has 3 aromatic rings. The molecule has 0 aliphatic heterocycles. The zero-order valence-electron chi connectivity index (χ0n) is 13.0. The zero-order valence-corrected chi connectivity index (χ0v) is 13.8. The van der Waals surface area contributed by atoms with Gasteiger partial charge < -0.3 is 4.52 Å². The molecule has 1 aromatic carbocycles. The molecule has 2 heterocycles. The van der Waals surface area contributed by atoms with Crippen molar-refractivity contribution in [1.82, 2.24) is 15.4 Å². The van der Waals surface area contributed by atoms with Gasteiger partial charge in [0.05, 0.1) is 0 Å². The van der Waals surface area contributed by atoms with E-state index < -0.39 is 0 Å². The Hall–Kier alpha value is -2.54. The van der Waals surface area contributed by atoms with Crippen molar-refractivity contribution in [2.24, 2.45) is 0 Å². The molecule has 3 rings (SSSR count). The van der Waals surface area contributed by atoms with Crippen molar-refractivity contribution in [3.05, 3.63) is 46.6 Å². The summed E-state index contributed by atoms with van der Waals surface area (Å²) in [4.78, 5) is 12.2. The third-order valence-corrected chi connectivity index (χ3v) is 4.37. The van der Waals surface area contributed by atoms with Gasteiger partial charge >= 0.3 is 0 Å². The molecule has 0 radical (unpaired) electrons. The molecule has 118 valence electrons. The van der Waals surface area contributed by atoms with Crippen LogP contribution in [0.25, 0.3) is 11.3 Å². The maximum absolute atomic E-state index is 12.2. The maximum Gasteiger partial charge on any atom is 0.279 e. The lowest BCUT2D eigenvalue weighted by atomic mass is 10.1. The molecular weight excluding hydrogens is 312 g/mol. The van der Waals surface area contributed by atoms with Crippen LogP contribution in [0.4, 0.5) is 5.13 Å². The predicted octanol–water partition coefficient (Wildman–Crippen LogP) is 3.88. The molecule has 0 spiro atoms. The van der Waals surface area contributed by atoms with Crippen LogP contribution >= 0.6 is 11.3 Å². The first-order valence-corrected chi connectivity index (χ1v) is 8.03. The predicted molar refractivity (Wildman–Crippen MR) is 88.6 cm³/mol. The number of carbonyl (C=O) groups excluding carboxylic acids is 1. The smallest absolute Gasteiger partial charge is 0.279 e. The van der Waals surface area contributed by atoms with Crippen LogP contribution in [0.3, 0.4) is 0 Å². The van der Waals surface area contributed by atoms with Crippen molar-refractivity contribution in [2.75, 3.05) is 5.32 Å². The first-order chi connectivity index (χ1) is 11.0. The lowest BCUT2D eigenvalue weighted by Gasteiger charge is -1.96. The summed E-state index contributed by atoms with van der Waals surface area (Å²) in [6.45, 7) is 6.06. The summed E-state index contributed by atoms with van der Waals surface area (Å²) >= 11 is 1.36. The highest BCUT2D eigenvalue weighted by molar-refractivity contribution is 7.15. The topological polar surface area (TPSA) is 80.9 Å².